The van der Waals surface area contributed by atoms with Crippen molar-refractivity contribution < 1.29 is 4.79 Å². The van der Waals surface area contributed by atoms with Crippen LogP contribution < -0.4 is 5.32 Å². The van der Waals surface area contributed by atoms with Crippen molar-refractivity contribution in [2.24, 2.45) is 0 Å². The van der Waals surface area contributed by atoms with Crippen LogP contribution in [0, 0.1) is 6.92 Å². The van der Waals surface area contributed by atoms with Gasteiger partial charge in [0.1, 0.15) is 0 Å². The van der Waals surface area contributed by atoms with Gasteiger partial charge in [-0.25, -0.2) is 4.68 Å². The highest BCUT2D eigenvalue weighted by molar-refractivity contribution is 6.31. The fourth-order valence-corrected chi connectivity index (χ4v) is 2.86. The lowest BCUT2D eigenvalue weighted by atomic mass is 10.2. The van der Waals surface area contributed by atoms with E-state index in [0.29, 0.717) is 11.7 Å². The summed E-state index contributed by atoms with van der Waals surface area (Å²) >= 11 is 6.05. The molecule has 1 aliphatic carbocycles. The molecule has 3 aromatic rings. The first kappa shape index (κ1) is 21.8. The number of hydrogen-bond acceptors (Lipinski definition) is 3. The Morgan fingerprint density at radius 2 is 2.07 bits per heavy atom. The maximum atomic E-state index is 12.2. The highest BCUT2D eigenvalue weighted by Gasteiger charge is 2.25. The number of allylic oxidation sites excluding steroid dienone is 2. The van der Waals surface area contributed by atoms with Gasteiger partial charge >= 0.3 is 0 Å². The van der Waals surface area contributed by atoms with Crippen LogP contribution in [0.5, 0.6) is 0 Å². The van der Waals surface area contributed by atoms with Gasteiger partial charge in [0.05, 0.1) is 18.3 Å². The van der Waals surface area contributed by atoms with Crippen LogP contribution in [-0.2, 0) is 11.2 Å². The number of halogens is 1. The van der Waals surface area contributed by atoms with Crippen molar-refractivity contribution in [1.82, 2.24) is 20.0 Å². The molecule has 1 amide bonds. The summed E-state index contributed by atoms with van der Waals surface area (Å²) < 4.78 is 1.74. The Balaban J connectivity index is 0.000000461. The summed E-state index contributed by atoms with van der Waals surface area (Å²) in [6, 6.07) is 7.61. The number of aryl methyl sites for hydroxylation is 1. The van der Waals surface area contributed by atoms with Gasteiger partial charge in [0.15, 0.2) is 5.82 Å². The maximum Gasteiger partial charge on any atom is 0.230 e. The number of nitrogens with zero attached hydrogens (tertiary/aromatic N) is 3. The molecule has 4 rings (SSSR count). The molecule has 1 aromatic carbocycles. The number of H-pyrrole nitrogens is 1. The van der Waals surface area contributed by atoms with Crippen molar-refractivity contribution in [2.45, 2.75) is 52.9 Å². The number of nitrogens with one attached hydrogen (secondary N) is 2. The second-order valence-electron chi connectivity index (χ2n) is 7.80. The van der Waals surface area contributed by atoms with Gasteiger partial charge < -0.3 is 5.32 Å². The molecule has 0 unspecified atom stereocenters. The summed E-state index contributed by atoms with van der Waals surface area (Å²) in [6.45, 7) is 8.15. The Morgan fingerprint density at radius 3 is 2.70 bits per heavy atom. The average molecular weight is 426 g/mol. The topological polar surface area (TPSA) is 75.6 Å². The average Bonchev–Trinajstić information content (AvgIpc) is 3.29. The smallest absolute Gasteiger partial charge is 0.230 e. The number of hydrogen-bond donors (Lipinski definition) is 2. The Labute approximate surface area is 182 Å². The zero-order chi connectivity index (χ0) is 21.7. The summed E-state index contributed by atoms with van der Waals surface area (Å²) in [5.41, 5.74) is 5.21. The second kappa shape index (κ2) is 9.76. The third-order valence-corrected chi connectivity index (χ3v) is 5.29. The van der Waals surface area contributed by atoms with E-state index >= 15 is 0 Å². The van der Waals surface area contributed by atoms with Crippen LogP contribution >= 0.6 is 11.6 Å². The minimum atomic E-state index is -0.110. The Bertz CT molecular complexity index is 1040. The molecule has 7 heteroatoms. The van der Waals surface area contributed by atoms with Gasteiger partial charge in [-0.3, -0.25) is 9.89 Å². The monoisotopic (exact) mass is 425 g/mol. The lowest BCUT2D eigenvalue weighted by Crippen LogP contribution is -2.14. The normalized spacial score (nSPS) is 12.7. The Kier molecular flexibility index (Phi) is 7.11. The summed E-state index contributed by atoms with van der Waals surface area (Å²) in [5.74, 6) is 1.05. The van der Waals surface area contributed by atoms with E-state index in [2.05, 4.69) is 40.5 Å². The van der Waals surface area contributed by atoms with Crippen LogP contribution in [0.4, 0.5) is 5.82 Å². The first-order valence-corrected chi connectivity index (χ1v) is 10.5. The maximum absolute atomic E-state index is 12.2. The van der Waals surface area contributed by atoms with Crippen molar-refractivity contribution in [3.63, 3.8) is 0 Å². The number of aromatic amines is 1. The van der Waals surface area contributed by atoms with Crippen LogP contribution in [-0.4, -0.2) is 25.9 Å². The summed E-state index contributed by atoms with van der Waals surface area (Å²) in [5, 5.41) is 15.0. The number of aromatic nitrogens is 4. The standard InChI is InChI=1S/C18H18ClN5O.C5H10/c1-11-6-14(4-5-15(11)19)24-10-12(9-20-24)7-18(25)21-17-8-16(22-23-17)13-2-3-13;1-4-5(2)3/h4-6,8-10,13H,2-3,7H2,1H3,(H2,21,22,23,25);4H,1-3H3. The molecule has 1 aliphatic rings. The molecule has 30 heavy (non-hydrogen) atoms. The number of amides is 1. The summed E-state index contributed by atoms with van der Waals surface area (Å²) in [6.07, 6.45) is 8.27. The lowest BCUT2D eigenvalue weighted by Gasteiger charge is -2.04. The van der Waals surface area contributed by atoms with Crippen LogP contribution in [0.25, 0.3) is 5.69 Å². The van der Waals surface area contributed by atoms with Crippen LogP contribution in [0.3, 0.4) is 0 Å². The first-order chi connectivity index (χ1) is 14.4. The molecule has 0 spiro atoms. The largest absolute Gasteiger partial charge is 0.309 e. The molecular formula is C23H28ClN5O. The van der Waals surface area contributed by atoms with Gasteiger partial charge in [-0.15, -0.1) is 0 Å². The van der Waals surface area contributed by atoms with Crippen LogP contribution in [0.1, 0.15) is 56.4 Å². The zero-order valence-corrected chi connectivity index (χ0v) is 18.6. The molecule has 6 nitrogen and oxygen atoms in total. The summed E-state index contributed by atoms with van der Waals surface area (Å²) in [7, 11) is 0. The highest BCUT2D eigenvalue weighted by Crippen LogP contribution is 2.39. The minimum Gasteiger partial charge on any atom is -0.309 e. The van der Waals surface area contributed by atoms with Gasteiger partial charge in [0.25, 0.3) is 0 Å². The molecule has 1 fully saturated rings. The van der Waals surface area contributed by atoms with Gasteiger partial charge in [-0.2, -0.15) is 10.2 Å². The SMILES string of the molecule is CC=C(C)C.Cc1cc(-n2cc(CC(=O)Nc3cc(C4CC4)[nH]n3)cn2)ccc1Cl. The molecule has 2 aromatic heterocycles. The van der Waals surface area contributed by atoms with Crippen LogP contribution in [0.2, 0.25) is 5.02 Å². The quantitative estimate of drug-likeness (QED) is 0.523. The lowest BCUT2D eigenvalue weighted by molar-refractivity contribution is -0.115. The zero-order valence-electron chi connectivity index (χ0n) is 17.9. The number of benzene rings is 1. The predicted octanol–water partition coefficient (Wildman–Crippen LogP) is 5.59. The minimum absolute atomic E-state index is 0.110. The van der Waals surface area contributed by atoms with E-state index in [1.165, 1.54) is 18.4 Å². The van der Waals surface area contributed by atoms with Gasteiger partial charge in [0.2, 0.25) is 5.91 Å². The molecule has 2 N–H and O–H groups in total. The molecule has 0 radical (unpaired) electrons. The third-order valence-electron chi connectivity index (χ3n) is 4.87. The second-order valence-corrected chi connectivity index (χ2v) is 8.21. The molecule has 0 saturated heterocycles. The van der Waals surface area contributed by atoms with Crippen molar-refractivity contribution in [3.8, 4) is 5.69 Å². The van der Waals surface area contributed by atoms with Gasteiger partial charge in [-0.05, 0) is 69.9 Å². The summed E-state index contributed by atoms with van der Waals surface area (Å²) in [4.78, 5) is 12.2. The highest BCUT2D eigenvalue weighted by atomic mass is 35.5. The van der Waals surface area contributed by atoms with E-state index in [-0.39, 0.29) is 12.3 Å². The number of carbonyl (C=O) groups is 1. The number of carbonyl (C=O) groups excluding carboxylic acids is 1. The van der Waals surface area contributed by atoms with Crippen molar-refractivity contribution in [3.05, 3.63) is 70.2 Å². The molecule has 158 valence electrons. The van der Waals surface area contributed by atoms with E-state index in [4.69, 9.17) is 11.6 Å². The number of anilines is 1. The van der Waals surface area contributed by atoms with Crippen molar-refractivity contribution in [1.29, 1.82) is 0 Å². The third kappa shape index (κ3) is 6.07. The molecule has 0 aliphatic heterocycles. The van der Waals surface area contributed by atoms with Gasteiger partial charge in [-0.1, -0.05) is 23.3 Å². The molecule has 2 heterocycles. The first-order valence-electron chi connectivity index (χ1n) is 10.1. The van der Waals surface area contributed by atoms with E-state index in [9.17, 15) is 4.79 Å². The van der Waals surface area contributed by atoms with Crippen molar-refractivity contribution in [2.75, 3.05) is 5.32 Å². The van der Waals surface area contributed by atoms with Crippen LogP contribution in [0.15, 0.2) is 48.3 Å². The molecule has 1 saturated carbocycles. The molecule has 0 bridgehead atoms. The predicted molar refractivity (Wildman–Crippen MR) is 121 cm³/mol. The Hall–Kier alpha value is -2.86. The Morgan fingerprint density at radius 1 is 1.33 bits per heavy atom. The van der Waals surface area contributed by atoms with E-state index < -0.39 is 0 Å². The molecule has 0 atom stereocenters. The van der Waals surface area contributed by atoms with Crippen molar-refractivity contribution >= 4 is 23.3 Å². The fourth-order valence-electron chi connectivity index (χ4n) is 2.74. The molecular weight excluding hydrogens is 398 g/mol. The van der Waals surface area contributed by atoms with E-state index in [1.54, 1.807) is 10.9 Å². The van der Waals surface area contributed by atoms with E-state index in [0.717, 1.165) is 27.5 Å². The van der Waals surface area contributed by atoms with Gasteiger partial charge in [0, 0.05) is 28.9 Å². The number of rotatable bonds is 5. The fraction of sp³-hybridized carbons (Fsp3) is 0.348. The van der Waals surface area contributed by atoms with E-state index in [1.807, 2.05) is 44.3 Å².